The van der Waals surface area contributed by atoms with Gasteiger partial charge in [-0.05, 0) is 51.7 Å². The number of carbonyl (C=O) groups excluding carboxylic acids is 2. The van der Waals surface area contributed by atoms with Gasteiger partial charge in [-0.15, -0.1) is 0 Å². The van der Waals surface area contributed by atoms with E-state index in [9.17, 15) is 9.59 Å². The molecule has 0 radical (unpaired) electrons. The maximum absolute atomic E-state index is 13.0. The number of piperidine rings is 1. The van der Waals surface area contributed by atoms with Crippen LogP contribution >= 0.6 is 0 Å². The molecule has 1 saturated heterocycles. The number of benzene rings is 1. The maximum atomic E-state index is 13.0. The number of rotatable bonds is 2. The highest BCUT2D eigenvalue weighted by Crippen LogP contribution is 2.34. The number of likely N-dealkylation sites (tertiary alicyclic amines) is 1. The molecule has 1 unspecified atom stereocenters. The van der Waals surface area contributed by atoms with E-state index in [1.807, 2.05) is 41.8 Å². The average Bonchev–Trinajstić information content (AvgIpc) is 2.89. The van der Waals surface area contributed by atoms with Crippen molar-refractivity contribution in [3.63, 3.8) is 0 Å². The Balaban J connectivity index is 1.63. The van der Waals surface area contributed by atoms with Crippen LogP contribution in [0.5, 0.6) is 0 Å². The molecule has 0 aromatic heterocycles. The smallest absolute Gasteiger partial charge is 0.317 e. The third kappa shape index (κ3) is 3.25. The summed E-state index contributed by atoms with van der Waals surface area (Å²) in [5.41, 5.74) is 2.32. The topological polar surface area (TPSA) is 52.7 Å². The van der Waals surface area contributed by atoms with Gasteiger partial charge in [0.1, 0.15) is 0 Å². The summed E-state index contributed by atoms with van der Waals surface area (Å²) in [6.07, 6.45) is 2.42. The van der Waals surface area contributed by atoms with Gasteiger partial charge in [0, 0.05) is 36.8 Å². The zero-order chi connectivity index (χ0) is 17.3. The first-order valence-corrected chi connectivity index (χ1v) is 8.93. The Hall–Kier alpha value is -2.04. The van der Waals surface area contributed by atoms with E-state index in [-0.39, 0.29) is 29.9 Å². The van der Waals surface area contributed by atoms with Crippen LogP contribution in [0.25, 0.3) is 0 Å². The molecule has 0 spiro atoms. The van der Waals surface area contributed by atoms with Crippen LogP contribution in [0.4, 0.5) is 10.5 Å². The molecular formula is C19H27N3O2. The number of nitrogens with zero attached hydrogens (tertiary/aromatic N) is 2. The minimum atomic E-state index is -0.0178. The van der Waals surface area contributed by atoms with Crippen LogP contribution in [0.3, 0.4) is 0 Å². The van der Waals surface area contributed by atoms with Crippen LogP contribution in [0.1, 0.15) is 39.2 Å². The Labute approximate surface area is 144 Å². The van der Waals surface area contributed by atoms with Crippen LogP contribution in [0.2, 0.25) is 0 Å². The minimum absolute atomic E-state index is 0.0155. The number of urea groups is 1. The fourth-order valence-electron chi connectivity index (χ4n) is 3.77. The molecular weight excluding hydrogens is 302 g/mol. The van der Waals surface area contributed by atoms with Gasteiger partial charge in [-0.2, -0.15) is 0 Å². The van der Waals surface area contributed by atoms with Gasteiger partial charge in [-0.1, -0.05) is 18.2 Å². The molecule has 1 atom stereocenters. The van der Waals surface area contributed by atoms with Crippen molar-refractivity contribution in [1.29, 1.82) is 0 Å². The van der Waals surface area contributed by atoms with E-state index < -0.39 is 0 Å². The highest BCUT2D eigenvalue weighted by Gasteiger charge is 2.36. The maximum Gasteiger partial charge on any atom is 0.317 e. The lowest BCUT2D eigenvalue weighted by atomic mass is 9.95. The normalized spacial score (nSPS) is 21.1. The molecule has 1 aromatic carbocycles. The number of hydrogen-bond acceptors (Lipinski definition) is 2. The molecule has 0 bridgehead atoms. The number of amides is 3. The van der Waals surface area contributed by atoms with Gasteiger partial charge < -0.3 is 15.1 Å². The van der Waals surface area contributed by atoms with Crippen LogP contribution in [-0.4, -0.2) is 42.0 Å². The Bertz CT molecular complexity index is 621. The van der Waals surface area contributed by atoms with Crippen molar-refractivity contribution in [3.8, 4) is 0 Å². The summed E-state index contributed by atoms with van der Waals surface area (Å²) in [6, 6.07) is 8.52. The van der Waals surface area contributed by atoms with Gasteiger partial charge in [0.05, 0.1) is 0 Å². The summed E-state index contributed by atoms with van der Waals surface area (Å²) in [7, 11) is 0. The zero-order valence-electron chi connectivity index (χ0n) is 14.8. The highest BCUT2D eigenvalue weighted by atomic mass is 16.2. The van der Waals surface area contributed by atoms with Gasteiger partial charge in [0.25, 0.3) is 0 Å². The lowest BCUT2D eigenvalue weighted by Gasteiger charge is -2.34. The van der Waals surface area contributed by atoms with Crippen LogP contribution in [0.15, 0.2) is 24.3 Å². The van der Waals surface area contributed by atoms with E-state index in [0.717, 1.165) is 24.9 Å². The Morgan fingerprint density at radius 2 is 1.83 bits per heavy atom. The van der Waals surface area contributed by atoms with Crippen LogP contribution < -0.4 is 10.2 Å². The van der Waals surface area contributed by atoms with Gasteiger partial charge >= 0.3 is 6.03 Å². The van der Waals surface area contributed by atoms with Crippen molar-refractivity contribution in [1.82, 2.24) is 10.2 Å². The van der Waals surface area contributed by atoms with Crippen molar-refractivity contribution in [3.05, 3.63) is 29.8 Å². The predicted octanol–water partition coefficient (Wildman–Crippen LogP) is 2.79. The molecule has 24 heavy (non-hydrogen) atoms. The third-order valence-electron chi connectivity index (χ3n) is 4.99. The third-order valence-corrected chi connectivity index (χ3v) is 4.99. The number of nitrogens with one attached hydrogen (secondary N) is 1. The summed E-state index contributed by atoms with van der Waals surface area (Å²) in [6.45, 7) is 7.33. The lowest BCUT2D eigenvalue weighted by molar-refractivity contribution is -0.123. The molecule has 2 heterocycles. The van der Waals surface area contributed by atoms with Crippen molar-refractivity contribution in [2.45, 2.75) is 52.1 Å². The number of para-hydroxylation sites is 1. The van der Waals surface area contributed by atoms with E-state index >= 15 is 0 Å². The van der Waals surface area contributed by atoms with Crippen molar-refractivity contribution < 1.29 is 9.59 Å². The number of anilines is 1. The molecule has 5 heteroatoms. The molecule has 5 nitrogen and oxygen atoms in total. The lowest BCUT2D eigenvalue weighted by Crippen LogP contribution is -2.49. The molecule has 3 amide bonds. The number of hydrogen-bond donors (Lipinski definition) is 1. The predicted molar refractivity (Wildman–Crippen MR) is 95.1 cm³/mol. The van der Waals surface area contributed by atoms with Crippen LogP contribution in [0, 0.1) is 5.92 Å². The Kier molecular flexibility index (Phi) is 4.78. The molecule has 2 aliphatic heterocycles. The van der Waals surface area contributed by atoms with Crippen LogP contribution in [-0.2, 0) is 11.2 Å². The van der Waals surface area contributed by atoms with E-state index in [0.29, 0.717) is 13.1 Å². The van der Waals surface area contributed by atoms with Gasteiger partial charge in [-0.3, -0.25) is 4.79 Å². The summed E-state index contributed by atoms with van der Waals surface area (Å²) in [5.74, 6) is 0.234. The molecule has 2 aliphatic rings. The van der Waals surface area contributed by atoms with Crippen molar-refractivity contribution >= 4 is 17.6 Å². The second-order valence-corrected chi connectivity index (χ2v) is 7.26. The average molecular weight is 329 g/mol. The summed E-state index contributed by atoms with van der Waals surface area (Å²) < 4.78 is 0. The van der Waals surface area contributed by atoms with E-state index in [4.69, 9.17) is 0 Å². The molecule has 1 N–H and O–H groups in total. The fraction of sp³-hybridized carbons (Fsp3) is 0.579. The minimum Gasteiger partial charge on any atom is -0.336 e. The first-order chi connectivity index (χ1) is 11.5. The summed E-state index contributed by atoms with van der Waals surface area (Å²) in [4.78, 5) is 28.9. The SMILES string of the molecule is CC(C)NC(=O)N1CCC(C(=O)N2c3ccccc3CC2C)CC1. The molecule has 1 aromatic rings. The van der Waals surface area contributed by atoms with Gasteiger partial charge in [0.2, 0.25) is 5.91 Å². The Morgan fingerprint density at radius 1 is 1.17 bits per heavy atom. The molecule has 0 saturated carbocycles. The van der Waals surface area contributed by atoms with Gasteiger partial charge in [0.15, 0.2) is 0 Å². The highest BCUT2D eigenvalue weighted by molar-refractivity contribution is 5.97. The van der Waals surface area contributed by atoms with Crippen molar-refractivity contribution in [2.24, 2.45) is 5.92 Å². The van der Waals surface area contributed by atoms with E-state index in [2.05, 4.69) is 18.3 Å². The second kappa shape index (κ2) is 6.83. The first-order valence-electron chi connectivity index (χ1n) is 8.93. The number of fused-ring (bicyclic) bond motifs is 1. The molecule has 1 fully saturated rings. The van der Waals surface area contributed by atoms with E-state index in [1.54, 1.807) is 0 Å². The summed E-state index contributed by atoms with van der Waals surface area (Å²) >= 11 is 0. The quantitative estimate of drug-likeness (QED) is 0.907. The van der Waals surface area contributed by atoms with Crippen molar-refractivity contribution in [2.75, 3.05) is 18.0 Å². The number of carbonyl (C=O) groups is 2. The summed E-state index contributed by atoms with van der Waals surface area (Å²) in [5, 5.41) is 2.92. The molecule has 0 aliphatic carbocycles. The monoisotopic (exact) mass is 329 g/mol. The largest absolute Gasteiger partial charge is 0.336 e. The second-order valence-electron chi connectivity index (χ2n) is 7.26. The molecule has 3 rings (SSSR count). The molecule has 130 valence electrons. The zero-order valence-corrected chi connectivity index (χ0v) is 14.8. The Morgan fingerprint density at radius 3 is 2.50 bits per heavy atom. The fourth-order valence-corrected chi connectivity index (χ4v) is 3.77. The standard InChI is InChI=1S/C19H27N3O2/c1-13(2)20-19(24)21-10-8-15(9-11-21)18(23)22-14(3)12-16-6-4-5-7-17(16)22/h4-7,13-15H,8-12H2,1-3H3,(H,20,24). The first kappa shape index (κ1) is 16.8. The van der Waals surface area contributed by atoms with Gasteiger partial charge in [-0.25, -0.2) is 4.79 Å². The van der Waals surface area contributed by atoms with E-state index in [1.165, 1.54) is 5.56 Å².